The van der Waals surface area contributed by atoms with Crippen LogP contribution in [0.15, 0.2) is 36.4 Å². The van der Waals surface area contributed by atoms with Crippen molar-refractivity contribution in [2.24, 2.45) is 5.73 Å². The van der Waals surface area contributed by atoms with Gasteiger partial charge in [0.2, 0.25) is 5.95 Å². The van der Waals surface area contributed by atoms with Gasteiger partial charge in [0.15, 0.2) is 0 Å². The molecular weight excluding hydrogens is 397 g/mol. The Kier molecular flexibility index (Phi) is 8.31. The van der Waals surface area contributed by atoms with Gasteiger partial charge in [0.05, 0.1) is 18.4 Å². The van der Waals surface area contributed by atoms with E-state index < -0.39 is 0 Å². The van der Waals surface area contributed by atoms with Crippen LogP contribution in [0.25, 0.3) is 0 Å². The maximum absolute atomic E-state index is 6.08. The van der Waals surface area contributed by atoms with Gasteiger partial charge in [0.1, 0.15) is 5.82 Å². The van der Waals surface area contributed by atoms with Crippen LogP contribution in [0.2, 0.25) is 0 Å². The molecule has 6 nitrogen and oxygen atoms in total. The lowest BCUT2D eigenvalue weighted by atomic mass is 9.78. The van der Waals surface area contributed by atoms with Crippen molar-refractivity contribution < 1.29 is 4.74 Å². The average Bonchev–Trinajstić information content (AvgIpc) is 2.64. The molecule has 0 spiro atoms. The van der Waals surface area contributed by atoms with Crippen LogP contribution < -0.4 is 16.4 Å². The summed E-state index contributed by atoms with van der Waals surface area (Å²) in [7, 11) is 0. The first kappa shape index (κ1) is 22.7. The zero-order valence-electron chi connectivity index (χ0n) is 15.9. The molecule has 1 aromatic carbocycles. The van der Waals surface area contributed by atoms with Crippen molar-refractivity contribution in [3.63, 3.8) is 0 Å². The number of nitrogen functional groups attached to an aromatic ring is 1. The summed E-state index contributed by atoms with van der Waals surface area (Å²) in [5, 5.41) is 0. The van der Waals surface area contributed by atoms with Crippen LogP contribution in [0.5, 0.6) is 0 Å². The maximum Gasteiger partial charge on any atom is 0.222 e. The molecule has 1 aliphatic heterocycles. The van der Waals surface area contributed by atoms with Crippen LogP contribution in [-0.4, -0.2) is 35.2 Å². The normalized spacial score (nSPS) is 22.0. The minimum Gasteiger partial charge on any atom is -0.373 e. The van der Waals surface area contributed by atoms with Crippen molar-refractivity contribution in [1.29, 1.82) is 0 Å². The number of piperidine rings is 1. The Bertz CT molecular complexity index is 735. The summed E-state index contributed by atoms with van der Waals surface area (Å²) in [4.78, 5) is 11.2. The van der Waals surface area contributed by atoms with Gasteiger partial charge < -0.3 is 21.1 Å². The highest BCUT2D eigenvalue weighted by molar-refractivity contribution is 5.85. The van der Waals surface area contributed by atoms with Gasteiger partial charge in [-0.2, -0.15) is 4.98 Å². The highest BCUT2D eigenvalue weighted by atomic mass is 35.5. The van der Waals surface area contributed by atoms with Crippen molar-refractivity contribution in [3.05, 3.63) is 47.7 Å². The minimum atomic E-state index is 0. The minimum absolute atomic E-state index is 0. The predicted molar refractivity (Wildman–Crippen MR) is 117 cm³/mol. The summed E-state index contributed by atoms with van der Waals surface area (Å²) in [5.41, 5.74) is 14.1. The Labute approximate surface area is 178 Å². The fraction of sp³-hybridized carbons (Fsp3) is 0.500. The van der Waals surface area contributed by atoms with Crippen molar-refractivity contribution in [1.82, 2.24) is 9.97 Å². The molecule has 0 radical (unpaired) electrons. The zero-order chi connectivity index (χ0) is 17.9. The van der Waals surface area contributed by atoms with Crippen LogP contribution in [-0.2, 0) is 11.3 Å². The number of halogens is 2. The summed E-state index contributed by atoms with van der Waals surface area (Å²) in [6.07, 6.45) is 4.28. The third-order valence-corrected chi connectivity index (χ3v) is 5.44. The Morgan fingerprint density at radius 1 is 1.04 bits per heavy atom. The third kappa shape index (κ3) is 5.47. The third-order valence-electron chi connectivity index (χ3n) is 5.44. The van der Waals surface area contributed by atoms with Crippen LogP contribution in [0.4, 0.5) is 11.8 Å². The fourth-order valence-electron chi connectivity index (χ4n) is 3.79. The first-order valence-corrected chi connectivity index (χ1v) is 9.48. The molecule has 2 fully saturated rings. The second kappa shape index (κ2) is 10.3. The first-order valence-electron chi connectivity index (χ1n) is 9.48. The SMILES string of the molecule is Cl.Cl.Nc1nc(C2CC(N)C2)cc(N2CCC(OCc3ccccc3)CC2)n1. The number of benzene rings is 1. The quantitative estimate of drug-likeness (QED) is 0.763. The number of nitrogens with zero attached hydrogens (tertiary/aromatic N) is 3. The first-order chi connectivity index (χ1) is 12.7. The summed E-state index contributed by atoms with van der Waals surface area (Å²) < 4.78 is 6.08. The van der Waals surface area contributed by atoms with Gasteiger partial charge in [0, 0.05) is 31.1 Å². The summed E-state index contributed by atoms with van der Waals surface area (Å²) in [6.45, 7) is 2.54. The van der Waals surface area contributed by atoms with E-state index >= 15 is 0 Å². The standard InChI is InChI=1S/C20H27N5O.2ClH/c21-16-10-15(11-16)18-12-19(24-20(22)23-18)25-8-6-17(7-9-25)26-13-14-4-2-1-3-5-14;;/h1-5,12,15-17H,6-11,13,21H2,(H2,22,23,24);2*1H. The van der Waals surface area contributed by atoms with Crippen LogP contribution in [0, 0.1) is 0 Å². The second-order valence-corrected chi connectivity index (χ2v) is 7.42. The van der Waals surface area contributed by atoms with Gasteiger partial charge in [0.25, 0.3) is 0 Å². The molecule has 0 unspecified atom stereocenters. The van der Waals surface area contributed by atoms with Crippen LogP contribution >= 0.6 is 24.8 Å². The molecule has 1 saturated carbocycles. The summed E-state index contributed by atoms with van der Waals surface area (Å²) in [5.74, 6) is 1.73. The molecule has 4 rings (SSSR count). The molecule has 1 aliphatic carbocycles. The van der Waals surface area contributed by atoms with Crippen molar-refractivity contribution in [3.8, 4) is 0 Å². The van der Waals surface area contributed by atoms with Gasteiger partial charge in [-0.25, -0.2) is 4.98 Å². The van der Waals surface area contributed by atoms with E-state index in [1.807, 2.05) is 18.2 Å². The molecule has 4 N–H and O–H groups in total. The van der Waals surface area contributed by atoms with E-state index in [0.717, 1.165) is 50.3 Å². The number of anilines is 2. The van der Waals surface area contributed by atoms with Crippen LogP contribution in [0.3, 0.4) is 0 Å². The number of nitrogens with two attached hydrogens (primary N) is 2. The largest absolute Gasteiger partial charge is 0.373 e. The molecule has 1 saturated heterocycles. The lowest BCUT2D eigenvalue weighted by Crippen LogP contribution is -2.38. The van der Waals surface area contributed by atoms with Gasteiger partial charge in [-0.15, -0.1) is 24.8 Å². The van der Waals surface area contributed by atoms with Crippen molar-refractivity contribution in [2.45, 2.75) is 50.4 Å². The lowest BCUT2D eigenvalue weighted by Gasteiger charge is -2.35. The topological polar surface area (TPSA) is 90.3 Å². The fourth-order valence-corrected chi connectivity index (χ4v) is 3.79. The molecule has 28 heavy (non-hydrogen) atoms. The van der Waals surface area contributed by atoms with Crippen LogP contribution in [0.1, 0.15) is 42.9 Å². The van der Waals surface area contributed by atoms with E-state index in [1.54, 1.807) is 0 Å². The Morgan fingerprint density at radius 2 is 1.71 bits per heavy atom. The molecule has 154 valence electrons. The molecule has 2 aliphatic rings. The van der Waals surface area contributed by atoms with Crippen molar-refractivity contribution >= 4 is 36.6 Å². The highest BCUT2D eigenvalue weighted by Gasteiger charge is 2.30. The number of aromatic nitrogens is 2. The number of hydrogen-bond donors (Lipinski definition) is 2. The van der Waals surface area contributed by atoms with Gasteiger partial charge in [-0.3, -0.25) is 0 Å². The molecule has 2 aromatic rings. The average molecular weight is 426 g/mol. The molecule has 0 atom stereocenters. The number of rotatable bonds is 5. The molecule has 0 amide bonds. The summed E-state index contributed by atoms with van der Waals surface area (Å²) in [6, 6.07) is 12.7. The molecule has 8 heteroatoms. The molecule has 1 aromatic heterocycles. The van der Waals surface area contributed by atoms with E-state index in [4.69, 9.17) is 16.2 Å². The van der Waals surface area contributed by atoms with E-state index in [2.05, 4.69) is 33.1 Å². The number of ether oxygens (including phenoxy) is 1. The lowest BCUT2D eigenvalue weighted by molar-refractivity contribution is 0.0250. The van der Waals surface area contributed by atoms with Gasteiger partial charge in [-0.05, 0) is 31.2 Å². The van der Waals surface area contributed by atoms with E-state index in [0.29, 0.717) is 30.6 Å². The van der Waals surface area contributed by atoms with E-state index in [9.17, 15) is 0 Å². The Hall–Kier alpha value is -1.60. The Balaban J connectivity index is 0.00000140. The molecular formula is C20H29Cl2N5O. The highest BCUT2D eigenvalue weighted by Crippen LogP contribution is 2.36. The zero-order valence-corrected chi connectivity index (χ0v) is 17.5. The maximum atomic E-state index is 6.08. The monoisotopic (exact) mass is 425 g/mol. The number of hydrogen-bond acceptors (Lipinski definition) is 6. The smallest absolute Gasteiger partial charge is 0.222 e. The van der Waals surface area contributed by atoms with Gasteiger partial charge >= 0.3 is 0 Å². The van der Waals surface area contributed by atoms with E-state index in [1.165, 1.54) is 5.56 Å². The second-order valence-electron chi connectivity index (χ2n) is 7.42. The van der Waals surface area contributed by atoms with E-state index in [-0.39, 0.29) is 24.8 Å². The molecule has 0 bridgehead atoms. The Morgan fingerprint density at radius 3 is 2.36 bits per heavy atom. The molecule has 2 heterocycles. The van der Waals surface area contributed by atoms with Crippen molar-refractivity contribution in [2.75, 3.05) is 23.7 Å². The van der Waals surface area contributed by atoms with Gasteiger partial charge in [-0.1, -0.05) is 30.3 Å². The predicted octanol–water partition coefficient (Wildman–Crippen LogP) is 3.29. The summed E-state index contributed by atoms with van der Waals surface area (Å²) >= 11 is 0.